The maximum absolute atomic E-state index is 5.94. The Bertz CT molecular complexity index is 431. The molecule has 2 rings (SSSR count). The number of aromatic amines is 1. The minimum Gasteiger partial charge on any atom is -0.358 e. The predicted octanol–water partition coefficient (Wildman–Crippen LogP) is 3.34. The van der Waals surface area contributed by atoms with Gasteiger partial charge >= 0.3 is 0 Å². The Kier molecular flexibility index (Phi) is 2.00. The van der Waals surface area contributed by atoms with E-state index in [4.69, 9.17) is 11.6 Å². The van der Waals surface area contributed by atoms with Crippen LogP contribution < -0.4 is 0 Å². The summed E-state index contributed by atoms with van der Waals surface area (Å²) in [5.74, 6) is 0.489. The number of pyridine rings is 1. The summed E-state index contributed by atoms with van der Waals surface area (Å²) in [7, 11) is 0. The molecule has 0 aliphatic rings. The molecule has 0 spiro atoms. The number of aromatic nitrogens is 2. The average Bonchev–Trinajstić information content (AvgIpc) is 2.49. The molecule has 0 aromatic carbocycles. The number of nitrogens with one attached hydrogen (secondary N) is 1. The molecule has 2 nitrogen and oxygen atoms in total. The second-order valence-corrected chi connectivity index (χ2v) is 3.80. The van der Waals surface area contributed by atoms with Gasteiger partial charge in [0.1, 0.15) is 5.15 Å². The van der Waals surface area contributed by atoms with E-state index in [1.54, 1.807) is 6.20 Å². The van der Waals surface area contributed by atoms with Crippen LogP contribution in [0, 0.1) is 0 Å². The van der Waals surface area contributed by atoms with Gasteiger partial charge in [-0.3, -0.25) is 0 Å². The van der Waals surface area contributed by atoms with Crippen LogP contribution in [0.5, 0.6) is 0 Å². The van der Waals surface area contributed by atoms with Crippen LogP contribution in [0.2, 0.25) is 5.15 Å². The standard InChI is InChI=1S/C10H11ClN2/c1-6(2)9-5-7-8(13-9)3-4-12-10(7)11/h3-6,13H,1-2H3. The molecule has 0 saturated heterocycles. The van der Waals surface area contributed by atoms with Gasteiger partial charge in [-0.2, -0.15) is 0 Å². The van der Waals surface area contributed by atoms with Crippen molar-refractivity contribution in [3.8, 4) is 0 Å². The summed E-state index contributed by atoms with van der Waals surface area (Å²) in [6, 6.07) is 4.00. The molecule has 68 valence electrons. The summed E-state index contributed by atoms with van der Waals surface area (Å²) < 4.78 is 0. The SMILES string of the molecule is CC(C)c1cc2c(Cl)nccc2[nH]1. The average molecular weight is 195 g/mol. The van der Waals surface area contributed by atoms with Gasteiger partial charge in [0.2, 0.25) is 0 Å². The molecule has 2 heterocycles. The van der Waals surface area contributed by atoms with Crippen molar-refractivity contribution in [2.45, 2.75) is 19.8 Å². The third-order valence-electron chi connectivity index (χ3n) is 2.14. The third-order valence-corrected chi connectivity index (χ3v) is 2.44. The van der Waals surface area contributed by atoms with E-state index in [0.29, 0.717) is 11.1 Å². The number of halogens is 1. The van der Waals surface area contributed by atoms with Crippen molar-refractivity contribution in [3.05, 3.63) is 29.2 Å². The van der Waals surface area contributed by atoms with E-state index in [1.807, 2.05) is 6.07 Å². The van der Waals surface area contributed by atoms with Crippen molar-refractivity contribution >= 4 is 22.5 Å². The lowest BCUT2D eigenvalue weighted by molar-refractivity contribution is 0.836. The van der Waals surface area contributed by atoms with E-state index < -0.39 is 0 Å². The molecule has 0 bridgehead atoms. The molecule has 0 saturated carbocycles. The fourth-order valence-electron chi connectivity index (χ4n) is 1.35. The topological polar surface area (TPSA) is 28.7 Å². The molecular formula is C10H11ClN2. The highest BCUT2D eigenvalue weighted by Gasteiger charge is 2.06. The second kappa shape index (κ2) is 3.04. The lowest BCUT2D eigenvalue weighted by atomic mass is 10.1. The Hall–Kier alpha value is -1.02. The zero-order valence-corrected chi connectivity index (χ0v) is 8.39. The summed E-state index contributed by atoms with van der Waals surface area (Å²) in [4.78, 5) is 7.34. The Morgan fingerprint density at radius 1 is 1.46 bits per heavy atom. The highest BCUT2D eigenvalue weighted by atomic mass is 35.5. The van der Waals surface area contributed by atoms with Crippen molar-refractivity contribution < 1.29 is 0 Å². The van der Waals surface area contributed by atoms with Crippen LogP contribution in [0.4, 0.5) is 0 Å². The first-order valence-corrected chi connectivity index (χ1v) is 4.69. The Balaban J connectivity index is 2.68. The lowest BCUT2D eigenvalue weighted by Crippen LogP contribution is -1.84. The van der Waals surface area contributed by atoms with Crippen LogP contribution >= 0.6 is 11.6 Å². The van der Waals surface area contributed by atoms with Crippen LogP contribution in [0.15, 0.2) is 18.3 Å². The van der Waals surface area contributed by atoms with Crippen molar-refractivity contribution in [2.75, 3.05) is 0 Å². The number of rotatable bonds is 1. The minimum absolute atomic E-state index is 0.489. The monoisotopic (exact) mass is 194 g/mol. The highest BCUT2D eigenvalue weighted by molar-refractivity contribution is 6.34. The van der Waals surface area contributed by atoms with Crippen molar-refractivity contribution in [3.63, 3.8) is 0 Å². The maximum atomic E-state index is 5.94. The number of fused-ring (bicyclic) bond motifs is 1. The Morgan fingerprint density at radius 3 is 2.85 bits per heavy atom. The fourth-order valence-corrected chi connectivity index (χ4v) is 1.56. The first-order chi connectivity index (χ1) is 6.18. The van der Waals surface area contributed by atoms with Gasteiger partial charge in [0.25, 0.3) is 0 Å². The van der Waals surface area contributed by atoms with Crippen molar-refractivity contribution in [1.29, 1.82) is 0 Å². The number of nitrogens with zero attached hydrogens (tertiary/aromatic N) is 1. The number of H-pyrrole nitrogens is 1. The summed E-state index contributed by atoms with van der Waals surface area (Å²) in [6.45, 7) is 4.29. The van der Waals surface area contributed by atoms with Crippen LogP contribution in [0.3, 0.4) is 0 Å². The molecule has 2 aromatic heterocycles. The molecule has 1 N–H and O–H groups in total. The molecule has 0 unspecified atom stereocenters. The molecule has 0 radical (unpaired) electrons. The molecular weight excluding hydrogens is 184 g/mol. The van der Waals surface area contributed by atoms with E-state index in [1.165, 1.54) is 5.69 Å². The summed E-state index contributed by atoms with van der Waals surface area (Å²) in [5.41, 5.74) is 2.26. The lowest BCUT2D eigenvalue weighted by Gasteiger charge is -1.97. The molecule has 0 fully saturated rings. The van der Waals surface area contributed by atoms with E-state index in [-0.39, 0.29) is 0 Å². The van der Waals surface area contributed by atoms with Gasteiger partial charge < -0.3 is 4.98 Å². The van der Waals surface area contributed by atoms with E-state index in [2.05, 4.69) is 29.9 Å². The first-order valence-electron chi connectivity index (χ1n) is 4.31. The Labute approximate surface area is 81.9 Å². The first kappa shape index (κ1) is 8.57. The van der Waals surface area contributed by atoms with Crippen LogP contribution in [0.25, 0.3) is 10.9 Å². The third kappa shape index (κ3) is 1.42. The van der Waals surface area contributed by atoms with Crippen molar-refractivity contribution in [1.82, 2.24) is 9.97 Å². The van der Waals surface area contributed by atoms with E-state index >= 15 is 0 Å². The molecule has 0 atom stereocenters. The molecule has 13 heavy (non-hydrogen) atoms. The van der Waals surface area contributed by atoms with Gasteiger partial charge in [0.15, 0.2) is 0 Å². The molecule has 0 aliphatic carbocycles. The zero-order valence-electron chi connectivity index (χ0n) is 7.63. The summed E-state index contributed by atoms with van der Waals surface area (Å²) >= 11 is 5.94. The number of hydrogen-bond donors (Lipinski definition) is 1. The van der Waals surface area contributed by atoms with Crippen molar-refractivity contribution in [2.24, 2.45) is 0 Å². The predicted molar refractivity (Wildman–Crippen MR) is 55.2 cm³/mol. The second-order valence-electron chi connectivity index (χ2n) is 3.44. The van der Waals surface area contributed by atoms with E-state index in [0.717, 1.165) is 10.9 Å². The van der Waals surface area contributed by atoms with Crippen LogP contribution in [0.1, 0.15) is 25.5 Å². The van der Waals surface area contributed by atoms with E-state index in [9.17, 15) is 0 Å². The Morgan fingerprint density at radius 2 is 2.23 bits per heavy atom. The summed E-state index contributed by atoms with van der Waals surface area (Å²) in [5, 5.41) is 1.58. The maximum Gasteiger partial charge on any atom is 0.138 e. The van der Waals surface area contributed by atoms with Gasteiger partial charge in [0, 0.05) is 17.3 Å². The quantitative estimate of drug-likeness (QED) is 0.693. The smallest absolute Gasteiger partial charge is 0.138 e. The van der Waals surface area contributed by atoms with Gasteiger partial charge in [-0.1, -0.05) is 25.4 Å². The minimum atomic E-state index is 0.489. The van der Waals surface area contributed by atoms with Gasteiger partial charge in [-0.25, -0.2) is 4.98 Å². The van der Waals surface area contributed by atoms with Crippen LogP contribution in [-0.4, -0.2) is 9.97 Å². The van der Waals surface area contributed by atoms with Gasteiger partial charge in [0.05, 0.1) is 5.52 Å². The largest absolute Gasteiger partial charge is 0.358 e. The zero-order chi connectivity index (χ0) is 9.42. The van der Waals surface area contributed by atoms with Gasteiger partial charge in [-0.05, 0) is 18.1 Å². The molecule has 2 aromatic rings. The normalized spacial score (nSPS) is 11.4. The molecule has 3 heteroatoms. The molecule has 0 amide bonds. The fraction of sp³-hybridized carbons (Fsp3) is 0.300. The summed E-state index contributed by atoms with van der Waals surface area (Å²) in [6.07, 6.45) is 1.71. The van der Waals surface area contributed by atoms with Gasteiger partial charge in [-0.15, -0.1) is 0 Å². The van der Waals surface area contributed by atoms with Crippen LogP contribution in [-0.2, 0) is 0 Å². The number of hydrogen-bond acceptors (Lipinski definition) is 1. The molecule has 0 aliphatic heterocycles. The highest BCUT2D eigenvalue weighted by Crippen LogP contribution is 2.24.